The molecule has 3 aromatic carbocycles. The highest BCUT2D eigenvalue weighted by molar-refractivity contribution is 14.1. The molecule has 0 radical (unpaired) electrons. The van der Waals surface area contributed by atoms with E-state index in [-0.39, 0.29) is 56.9 Å². The minimum Gasteiger partial charge on any atom is -0.496 e. The first-order valence-electron chi connectivity index (χ1n) is 34.9. The monoisotopic (exact) mass is 1500 g/mol. The van der Waals surface area contributed by atoms with Gasteiger partial charge in [-0.1, -0.05) is 108 Å². The van der Waals surface area contributed by atoms with Crippen molar-refractivity contribution in [3.63, 3.8) is 0 Å². The van der Waals surface area contributed by atoms with Crippen LogP contribution in [0.15, 0.2) is 72.8 Å². The summed E-state index contributed by atoms with van der Waals surface area (Å²) in [6, 6.07) is 11.4. The Balaban J connectivity index is 1.46. The van der Waals surface area contributed by atoms with Crippen molar-refractivity contribution in [3.8, 4) is 5.75 Å². The fourth-order valence-corrected chi connectivity index (χ4v) is 13.5. The number of carbonyl (C=O) groups is 12. The van der Waals surface area contributed by atoms with Crippen LogP contribution in [0.1, 0.15) is 129 Å². The molecule has 0 spiro atoms. The molecular weight excluding hydrogens is 1390 g/mol. The highest BCUT2D eigenvalue weighted by atomic mass is 127. The Bertz CT molecular complexity index is 3430. The number of para-hydroxylation sites is 1. The Hall–Kier alpha value is -8.17. The molecule has 548 valence electrons. The van der Waals surface area contributed by atoms with Crippen molar-refractivity contribution in [1.29, 1.82) is 0 Å². The van der Waals surface area contributed by atoms with E-state index in [4.69, 9.17) is 4.74 Å². The van der Waals surface area contributed by atoms with Crippen LogP contribution in [-0.4, -0.2) is 246 Å². The standard InChI is InChI=1S/C74H107IN12O13/c1-17-48(7)64-72(98)81(11)44-63(90)87-35-32-56(87)70(96)84(14)58(40-49-30-28-47(6)29-31-49)69(95)80(10)43-61(88)76-53(39-50-24-23-26-52(75)38-50)65(91)77-55(41-51-25-19-20-27-60(51)100-16)68(94)85(15)74(8,9)73(99)78-54(36-45(2)3)67(93)83(13)59(71(97)86-33-21-18-22-34-86)42-62(89)82(12)57(37-46(4)5)66(92)79-64/h19-20,23-31,38,45-46,48,53-59,64H,17-18,21-22,32-37,39-44H2,1-16H3,(H,76,88)(H,77,91)(H,78,99)(H,79,92)/t48-,53-,54-,55-,56-,57-,58-,59-,64-/m0/s1. The molecule has 0 bridgehead atoms. The largest absolute Gasteiger partial charge is 0.496 e. The van der Waals surface area contributed by atoms with Crippen molar-refractivity contribution in [2.45, 2.75) is 187 Å². The van der Waals surface area contributed by atoms with Crippen molar-refractivity contribution in [1.82, 2.24) is 60.5 Å². The van der Waals surface area contributed by atoms with Crippen molar-refractivity contribution in [3.05, 3.63) is 98.6 Å². The van der Waals surface area contributed by atoms with Crippen LogP contribution in [0.2, 0.25) is 0 Å². The van der Waals surface area contributed by atoms with Crippen molar-refractivity contribution in [2.24, 2.45) is 17.8 Å². The van der Waals surface area contributed by atoms with Crippen LogP contribution in [-0.2, 0) is 76.8 Å². The average molecular weight is 1500 g/mol. The zero-order valence-corrected chi connectivity index (χ0v) is 63.5. The number of benzene rings is 3. The molecule has 0 aromatic heterocycles. The maximum absolute atomic E-state index is 15.4. The molecule has 3 fully saturated rings. The summed E-state index contributed by atoms with van der Waals surface area (Å²) in [5.74, 6) is -8.46. The van der Waals surface area contributed by atoms with Crippen LogP contribution in [0.25, 0.3) is 0 Å². The minimum atomic E-state index is -1.77. The molecule has 25 nitrogen and oxygen atoms in total. The zero-order valence-electron chi connectivity index (χ0n) is 61.4. The van der Waals surface area contributed by atoms with Gasteiger partial charge in [0.05, 0.1) is 26.6 Å². The van der Waals surface area contributed by atoms with Gasteiger partial charge in [0.2, 0.25) is 70.9 Å². The van der Waals surface area contributed by atoms with Crippen LogP contribution in [0, 0.1) is 28.2 Å². The molecule has 3 saturated heterocycles. The van der Waals surface area contributed by atoms with E-state index in [1.54, 1.807) is 48.2 Å². The van der Waals surface area contributed by atoms with Gasteiger partial charge < -0.3 is 65.2 Å². The molecular formula is C74H107IN12O13. The number of amides is 12. The first-order chi connectivity index (χ1) is 47.1. The van der Waals surface area contributed by atoms with Gasteiger partial charge in [0.25, 0.3) is 0 Å². The highest BCUT2D eigenvalue weighted by Crippen LogP contribution is 2.27. The van der Waals surface area contributed by atoms with E-state index in [0.29, 0.717) is 54.8 Å². The predicted octanol–water partition coefficient (Wildman–Crippen LogP) is 4.37. The van der Waals surface area contributed by atoms with Crippen molar-refractivity contribution >= 4 is 93.5 Å². The summed E-state index contributed by atoms with van der Waals surface area (Å²) in [6.45, 7) is 15.8. The Labute approximate surface area is 604 Å². The van der Waals surface area contributed by atoms with Gasteiger partial charge in [0, 0.05) is 84.8 Å². The third kappa shape index (κ3) is 21.0. The first-order valence-corrected chi connectivity index (χ1v) is 36.0. The summed E-state index contributed by atoms with van der Waals surface area (Å²) in [4.78, 5) is 189. The van der Waals surface area contributed by atoms with Crippen LogP contribution in [0.5, 0.6) is 5.75 Å². The molecule has 3 aliphatic rings. The molecule has 3 heterocycles. The molecule has 3 aliphatic heterocycles. The third-order valence-corrected chi connectivity index (χ3v) is 20.5. The third-order valence-electron chi connectivity index (χ3n) is 19.8. The van der Waals surface area contributed by atoms with E-state index in [9.17, 15) is 38.4 Å². The lowest BCUT2D eigenvalue weighted by molar-refractivity contribution is -0.157. The number of likely N-dealkylation sites (tertiary alicyclic amines) is 1. The van der Waals surface area contributed by atoms with Crippen LogP contribution >= 0.6 is 22.6 Å². The lowest BCUT2D eigenvalue weighted by atomic mass is 9.95. The number of carbonyl (C=O) groups excluding carboxylic acids is 12. The average Bonchev–Trinajstić information content (AvgIpc) is 0.796. The van der Waals surface area contributed by atoms with E-state index in [2.05, 4.69) is 43.9 Å². The number of fused-ring (bicyclic) bond motifs is 1. The van der Waals surface area contributed by atoms with Crippen LogP contribution < -0.4 is 26.0 Å². The van der Waals surface area contributed by atoms with E-state index >= 15 is 19.2 Å². The van der Waals surface area contributed by atoms with Crippen LogP contribution in [0.4, 0.5) is 0 Å². The molecule has 26 heteroatoms. The van der Waals surface area contributed by atoms with Crippen molar-refractivity contribution in [2.75, 3.05) is 82.1 Å². The van der Waals surface area contributed by atoms with E-state index < -0.39 is 150 Å². The number of rotatable bonds is 14. The molecule has 100 heavy (non-hydrogen) atoms. The molecule has 3 aromatic rings. The SMILES string of the molecule is CC[C@H](C)[C@@H]1NC(=O)[C@H](CC(C)C)N(C)C(=O)C[C@@H](C(=O)N2CCCCC2)N(C)C(=O)[C@H](CC(C)C)NC(=O)C(C)(C)N(C)C(=O)[C@H](Cc2ccccc2OC)NC(=O)[C@H](Cc2cccc(I)c2)NC(=O)CN(C)C(=O)[C@H](Cc2ccc(C)cc2)N(C)C(=O)[C@@H]2CCN2C(=O)CN(C)C1=O. The van der Waals surface area contributed by atoms with Gasteiger partial charge in [-0.2, -0.15) is 0 Å². The number of methoxy groups -OCH3 is 1. The van der Waals surface area contributed by atoms with Gasteiger partial charge in [0.1, 0.15) is 59.6 Å². The molecule has 0 saturated carbocycles. The smallest absolute Gasteiger partial charge is 0.246 e. The molecule has 9 atom stereocenters. The maximum atomic E-state index is 15.4. The van der Waals surface area contributed by atoms with Gasteiger partial charge in [-0.05, 0) is 135 Å². The maximum Gasteiger partial charge on any atom is 0.246 e. The minimum absolute atomic E-state index is 0.00898. The summed E-state index contributed by atoms with van der Waals surface area (Å²) in [7, 11) is 9.98. The van der Waals surface area contributed by atoms with E-state index in [0.717, 1.165) is 20.5 Å². The van der Waals surface area contributed by atoms with Crippen LogP contribution in [0.3, 0.4) is 0 Å². The zero-order chi connectivity index (χ0) is 74.2. The fraction of sp³-hybridized carbons (Fsp3) is 0.595. The molecule has 0 aliphatic carbocycles. The number of aryl methyl sites for hydroxylation is 1. The molecule has 0 unspecified atom stereocenters. The lowest BCUT2D eigenvalue weighted by Gasteiger charge is -2.43. The number of halogens is 1. The summed E-state index contributed by atoms with van der Waals surface area (Å²) in [5.41, 5.74) is 1.02. The number of nitrogens with zero attached hydrogens (tertiary/aromatic N) is 8. The Morgan fingerprint density at radius 3 is 1.84 bits per heavy atom. The summed E-state index contributed by atoms with van der Waals surface area (Å²) < 4.78 is 6.54. The number of nitrogens with one attached hydrogen (secondary N) is 4. The number of likely N-dealkylation sites (N-methyl/N-ethyl adjacent to an activating group) is 6. The summed E-state index contributed by atoms with van der Waals surface area (Å²) in [5, 5.41) is 11.6. The Morgan fingerprint density at radius 2 is 1.24 bits per heavy atom. The van der Waals surface area contributed by atoms with Gasteiger partial charge in [-0.15, -0.1) is 0 Å². The number of piperidine rings is 1. The second kappa shape index (κ2) is 36.4. The van der Waals surface area contributed by atoms with E-state index in [1.807, 2.05) is 77.9 Å². The summed E-state index contributed by atoms with van der Waals surface area (Å²) in [6.07, 6.45) is 2.28. The van der Waals surface area contributed by atoms with Gasteiger partial charge >= 0.3 is 0 Å². The Kier molecular flexibility index (Phi) is 29.4. The topological polar surface area (TPSA) is 288 Å². The predicted molar refractivity (Wildman–Crippen MR) is 387 cm³/mol. The van der Waals surface area contributed by atoms with E-state index in [1.165, 1.54) is 92.6 Å². The van der Waals surface area contributed by atoms with Crippen molar-refractivity contribution < 1.29 is 62.3 Å². The second-order valence-corrected chi connectivity index (χ2v) is 29.9. The second-order valence-electron chi connectivity index (χ2n) is 28.7. The fourth-order valence-electron chi connectivity index (χ4n) is 12.8. The molecule has 6 rings (SSSR count). The molecule has 12 amide bonds. The number of ether oxygens (including phenoxy) is 1. The van der Waals surface area contributed by atoms with Gasteiger partial charge in [-0.25, -0.2) is 0 Å². The highest BCUT2D eigenvalue weighted by Gasteiger charge is 2.46. The summed E-state index contributed by atoms with van der Waals surface area (Å²) >= 11 is 2.13. The quantitative estimate of drug-likeness (QED) is 0.163. The Morgan fingerprint density at radius 1 is 0.600 bits per heavy atom. The lowest BCUT2D eigenvalue weighted by Crippen LogP contribution is -2.64. The number of hydrogen-bond acceptors (Lipinski definition) is 13. The first kappa shape index (κ1) is 80.8. The normalized spacial score (nSPS) is 24.3. The van der Waals surface area contributed by atoms with Gasteiger partial charge in [-0.3, -0.25) is 57.5 Å². The van der Waals surface area contributed by atoms with Gasteiger partial charge in [0.15, 0.2) is 0 Å². The number of hydrogen-bond donors (Lipinski definition) is 4. The molecule has 4 N–H and O–H groups in total.